The van der Waals surface area contributed by atoms with E-state index in [9.17, 15) is 14.7 Å². The minimum Gasteiger partial charge on any atom is -0.477 e. The van der Waals surface area contributed by atoms with Crippen LogP contribution in [0.4, 0.5) is 0 Å². The van der Waals surface area contributed by atoms with Crippen LogP contribution >= 0.6 is 11.6 Å². The molecule has 0 unspecified atom stereocenters. The molecule has 0 bridgehead atoms. The normalized spacial score (nSPS) is 10.8. The number of halogens is 1. The smallest absolute Gasteiger partial charge is 0.341 e. The Labute approximate surface area is 141 Å². The predicted octanol–water partition coefficient (Wildman–Crippen LogP) is 2.29. The molecule has 0 aliphatic carbocycles. The van der Waals surface area contributed by atoms with Crippen LogP contribution < -0.4 is 5.56 Å². The summed E-state index contributed by atoms with van der Waals surface area (Å²) in [6.07, 6.45) is 3.03. The molecule has 2 heterocycles. The van der Waals surface area contributed by atoms with E-state index in [-0.39, 0.29) is 5.56 Å². The van der Waals surface area contributed by atoms with Crippen molar-refractivity contribution in [3.63, 3.8) is 0 Å². The molecule has 24 heavy (non-hydrogen) atoms. The van der Waals surface area contributed by atoms with E-state index in [0.29, 0.717) is 27.5 Å². The van der Waals surface area contributed by atoms with Gasteiger partial charge >= 0.3 is 5.97 Å². The highest BCUT2D eigenvalue weighted by molar-refractivity contribution is 6.30. The molecule has 0 aliphatic rings. The van der Waals surface area contributed by atoms with Crippen LogP contribution in [0.1, 0.15) is 15.9 Å². The lowest BCUT2D eigenvalue weighted by Gasteiger charge is -2.11. The maximum atomic E-state index is 12.5. The van der Waals surface area contributed by atoms with Crippen LogP contribution in [0.25, 0.3) is 16.9 Å². The van der Waals surface area contributed by atoms with Gasteiger partial charge in [-0.25, -0.2) is 4.79 Å². The predicted molar refractivity (Wildman–Crippen MR) is 88.7 cm³/mol. The quantitative estimate of drug-likeness (QED) is 0.787. The van der Waals surface area contributed by atoms with Crippen LogP contribution in [-0.2, 0) is 7.05 Å². The lowest BCUT2D eigenvalue weighted by molar-refractivity contribution is 0.0693. The first-order chi connectivity index (χ1) is 11.4. The van der Waals surface area contributed by atoms with Gasteiger partial charge in [0, 0.05) is 17.6 Å². The minimum absolute atomic E-state index is 0.301. The molecule has 0 fully saturated rings. The van der Waals surface area contributed by atoms with Crippen molar-refractivity contribution >= 4 is 17.6 Å². The Bertz CT molecular complexity index is 990. The van der Waals surface area contributed by atoms with Crippen molar-refractivity contribution in [1.82, 2.24) is 19.6 Å². The van der Waals surface area contributed by atoms with E-state index >= 15 is 0 Å². The maximum Gasteiger partial charge on any atom is 0.341 e. The first-order valence-electron chi connectivity index (χ1n) is 7.00. The molecule has 122 valence electrons. The number of rotatable bonds is 3. The molecule has 0 radical (unpaired) electrons. The third-order valence-corrected chi connectivity index (χ3v) is 3.86. The Hall–Kier alpha value is -2.93. The van der Waals surface area contributed by atoms with Crippen molar-refractivity contribution in [2.75, 3.05) is 0 Å². The Balaban J connectivity index is 2.33. The second-order valence-corrected chi connectivity index (χ2v) is 5.69. The zero-order valence-corrected chi connectivity index (χ0v) is 13.7. The molecule has 2 aromatic heterocycles. The molecule has 0 saturated heterocycles. The topological polar surface area (TPSA) is 90.0 Å². The van der Waals surface area contributed by atoms with Gasteiger partial charge < -0.3 is 5.11 Å². The average Bonchev–Trinajstić information content (AvgIpc) is 2.95. The lowest BCUT2D eigenvalue weighted by Crippen LogP contribution is -2.29. The highest BCUT2D eigenvalue weighted by Crippen LogP contribution is 2.24. The van der Waals surface area contributed by atoms with Crippen molar-refractivity contribution < 1.29 is 9.90 Å². The second kappa shape index (κ2) is 5.93. The summed E-state index contributed by atoms with van der Waals surface area (Å²) in [6.45, 7) is 1.56. The summed E-state index contributed by atoms with van der Waals surface area (Å²) < 4.78 is 2.55. The van der Waals surface area contributed by atoms with E-state index in [1.54, 1.807) is 44.4 Å². The summed E-state index contributed by atoms with van der Waals surface area (Å²) in [4.78, 5) is 24.1. The zero-order valence-electron chi connectivity index (χ0n) is 12.9. The number of aryl methyl sites for hydroxylation is 1. The van der Waals surface area contributed by atoms with Gasteiger partial charge in [0.05, 0.1) is 18.1 Å². The second-order valence-electron chi connectivity index (χ2n) is 5.25. The van der Waals surface area contributed by atoms with E-state index in [2.05, 4.69) is 10.2 Å². The van der Waals surface area contributed by atoms with Crippen molar-refractivity contribution in [1.29, 1.82) is 0 Å². The van der Waals surface area contributed by atoms with Crippen LogP contribution in [0.5, 0.6) is 0 Å². The van der Waals surface area contributed by atoms with Gasteiger partial charge in [-0.3, -0.25) is 9.48 Å². The Morgan fingerprint density at radius 1 is 1.25 bits per heavy atom. The molecule has 0 saturated carbocycles. The first-order valence-corrected chi connectivity index (χ1v) is 7.38. The number of carboxylic acids is 1. The van der Waals surface area contributed by atoms with Crippen molar-refractivity contribution in [3.05, 3.63) is 63.2 Å². The van der Waals surface area contributed by atoms with Crippen LogP contribution in [0.3, 0.4) is 0 Å². The molecule has 0 amide bonds. The lowest BCUT2D eigenvalue weighted by atomic mass is 10.0. The molecule has 8 heteroatoms. The standard InChI is InChI=1S/C16H13ClN4O3/c1-9-13(16(23)24)15(22)21(12-7-18-20(2)8-12)19-14(9)10-3-5-11(17)6-4-10/h3-8H,1-2H3,(H,23,24). The zero-order chi connectivity index (χ0) is 17.4. The molecule has 7 nitrogen and oxygen atoms in total. The van der Waals surface area contributed by atoms with Crippen LogP contribution in [-0.4, -0.2) is 30.6 Å². The molecule has 1 N–H and O–H groups in total. The fourth-order valence-corrected chi connectivity index (χ4v) is 2.56. The Morgan fingerprint density at radius 2 is 1.92 bits per heavy atom. The van der Waals surface area contributed by atoms with Gasteiger partial charge in [-0.15, -0.1) is 0 Å². The van der Waals surface area contributed by atoms with Gasteiger partial charge in [-0.1, -0.05) is 23.7 Å². The number of carbonyl (C=O) groups is 1. The number of aromatic carboxylic acids is 1. The monoisotopic (exact) mass is 344 g/mol. The first kappa shape index (κ1) is 15.9. The molecular formula is C16H13ClN4O3. The van der Waals surface area contributed by atoms with Crippen LogP contribution in [0.2, 0.25) is 5.02 Å². The van der Waals surface area contributed by atoms with Crippen LogP contribution in [0, 0.1) is 6.92 Å². The fourth-order valence-electron chi connectivity index (χ4n) is 2.43. The largest absolute Gasteiger partial charge is 0.477 e. The summed E-state index contributed by atoms with van der Waals surface area (Å²) in [5.74, 6) is -1.30. The molecule has 0 aliphatic heterocycles. The molecule has 0 atom stereocenters. The molecule has 3 rings (SSSR count). The van der Waals surface area contributed by atoms with E-state index in [1.807, 2.05) is 0 Å². The van der Waals surface area contributed by atoms with Gasteiger partial charge in [0.2, 0.25) is 0 Å². The van der Waals surface area contributed by atoms with Crippen molar-refractivity contribution in [3.8, 4) is 16.9 Å². The van der Waals surface area contributed by atoms with Gasteiger partial charge in [-0.05, 0) is 24.6 Å². The van der Waals surface area contributed by atoms with Gasteiger partial charge in [0.15, 0.2) is 0 Å². The number of hydrogen-bond acceptors (Lipinski definition) is 4. The van der Waals surface area contributed by atoms with E-state index in [1.165, 1.54) is 10.9 Å². The number of hydrogen-bond donors (Lipinski definition) is 1. The van der Waals surface area contributed by atoms with E-state index < -0.39 is 11.5 Å². The summed E-state index contributed by atoms with van der Waals surface area (Å²) in [5, 5.41) is 18.3. The van der Waals surface area contributed by atoms with Gasteiger partial charge in [-0.2, -0.15) is 14.9 Å². The van der Waals surface area contributed by atoms with Gasteiger partial charge in [0.25, 0.3) is 5.56 Å². The van der Waals surface area contributed by atoms with Crippen molar-refractivity contribution in [2.45, 2.75) is 6.92 Å². The Morgan fingerprint density at radius 3 is 2.46 bits per heavy atom. The number of benzene rings is 1. The highest BCUT2D eigenvalue weighted by Gasteiger charge is 2.21. The average molecular weight is 345 g/mol. The molecule has 1 aromatic carbocycles. The number of carboxylic acid groups (broad SMARTS) is 1. The van der Waals surface area contributed by atoms with Crippen molar-refractivity contribution in [2.24, 2.45) is 7.05 Å². The maximum absolute atomic E-state index is 12.5. The van der Waals surface area contributed by atoms with E-state index in [0.717, 1.165) is 4.68 Å². The number of nitrogens with zero attached hydrogens (tertiary/aromatic N) is 4. The third-order valence-electron chi connectivity index (χ3n) is 3.60. The Kier molecular flexibility index (Phi) is 3.94. The summed E-state index contributed by atoms with van der Waals surface area (Å²) in [6, 6.07) is 6.80. The fraction of sp³-hybridized carbons (Fsp3) is 0.125. The minimum atomic E-state index is -1.30. The third kappa shape index (κ3) is 2.69. The molecular weight excluding hydrogens is 332 g/mol. The SMILES string of the molecule is Cc1c(-c2ccc(Cl)cc2)nn(-c2cnn(C)c2)c(=O)c1C(=O)O. The van der Waals surface area contributed by atoms with Gasteiger partial charge in [0.1, 0.15) is 11.3 Å². The highest BCUT2D eigenvalue weighted by atomic mass is 35.5. The molecule has 0 spiro atoms. The molecule has 3 aromatic rings. The summed E-state index contributed by atoms with van der Waals surface area (Å²) in [7, 11) is 1.70. The van der Waals surface area contributed by atoms with Crippen LogP contribution in [0.15, 0.2) is 41.5 Å². The summed E-state index contributed by atoms with van der Waals surface area (Å²) in [5.41, 5.74) is 0.726. The number of aromatic nitrogens is 4. The van der Waals surface area contributed by atoms with E-state index in [4.69, 9.17) is 11.6 Å². The summed E-state index contributed by atoms with van der Waals surface area (Å²) >= 11 is 5.90.